The molecule has 0 fully saturated rings. The van der Waals surface area contributed by atoms with Gasteiger partial charge in [0.1, 0.15) is 5.82 Å². The topological polar surface area (TPSA) is 43.8 Å². The fraction of sp³-hybridized carbons (Fsp3) is 0.308. The standard InChI is InChI=1S/C13H14F3N3/c1-9-18-6-7-19(9)12-3-2-10(4-5-17)8-11(12)13(14,15)16/h2-3,6-8H,4-5,17H2,1H3. The number of imidazole rings is 1. The minimum Gasteiger partial charge on any atom is -0.330 e. The molecule has 6 heteroatoms. The number of aryl methyl sites for hydroxylation is 1. The van der Waals surface area contributed by atoms with E-state index in [1.165, 1.54) is 23.0 Å². The van der Waals surface area contributed by atoms with Crippen LogP contribution in [-0.2, 0) is 12.6 Å². The van der Waals surface area contributed by atoms with E-state index in [1.54, 1.807) is 13.0 Å². The third-order valence-corrected chi connectivity index (χ3v) is 2.88. The van der Waals surface area contributed by atoms with Crippen LogP contribution in [0, 0.1) is 6.92 Å². The molecule has 19 heavy (non-hydrogen) atoms. The van der Waals surface area contributed by atoms with Gasteiger partial charge in [0.05, 0.1) is 11.3 Å². The Kier molecular flexibility index (Phi) is 3.61. The smallest absolute Gasteiger partial charge is 0.330 e. The normalized spacial score (nSPS) is 11.8. The molecule has 1 aromatic heterocycles. The van der Waals surface area contributed by atoms with Gasteiger partial charge in [-0.1, -0.05) is 6.07 Å². The Labute approximate surface area is 108 Å². The van der Waals surface area contributed by atoms with Gasteiger partial charge in [0.25, 0.3) is 0 Å². The molecule has 2 N–H and O–H groups in total. The van der Waals surface area contributed by atoms with Crippen molar-refractivity contribution in [2.75, 3.05) is 6.54 Å². The summed E-state index contributed by atoms with van der Waals surface area (Å²) in [5, 5.41) is 0. The maximum absolute atomic E-state index is 13.1. The number of nitrogens with two attached hydrogens (primary N) is 1. The number of rotatable bonds is 3. The second-order valence-electron chi connectivity index (χ2n) is 4.23. The first-order valence-electron chi connectivity index (χ1n) is 5.84. The molecule has 0 radical (unpaired) electrons. The minimum absolute atomic E-state index is 0.0864. The maximum atomic E-state index is 13.1. The van der Waals surface area contributed by atoms with E-state index >= 15 is 0 Å². The fourth-order valence-corrected chi connectivity index (χ4v) is 1.98. The van der Waals surface area contributed by atoms with Gasteiger partial charge in [-0.2, -0.15) is 13.2 Å². The first-order valence-corrected chi connectivity index (χ1v) is 5.84. The summed E-state index contributed by atoms with van der Waals surface area (Å²) in [5.74, 6) is 0.511. The zero-order chi connectivity index (χ0) is 14.0. The van der Waals surface area contributed by atoms with Crippen LogP contribution in [-0.4, -0.2) is 16.1 Å². The molecule has 1 aromatic carbocycles. The number of hydrogen-bond acceptors (Lipinski definition) is 2. The zero-order valence-electron chi connectivity index (χ0n) is 10.4. The average molecular weight is 269 g/mol. The fourth-order valence-electron chi connectivity index (χ4n) is 1.98. The van der Waals surface area contributed by atoms with Crippen molar-refractivity contribution in [1.29, 1.82) is 0 Å². The molecule has 2 rings (SSSR count). The molecule has 0 spiro atoms. The van der Waals surface area contributed by atoms with Crippen LogP contribution in [0.1, 0.15) is 17.0 Å². The molecule has 0 saturated heterocycles. The predicted octanol–water partition coefficient (Wildman–Crippen LogP) is 2.70. The highest BCUT2D eigenvalue weighted by atomic mass is 19.4. The maximum Gasteiger partial charge on any atom is 0.418 e. The average Bonchev–Trinajstić information content (AvgIpc) is 2.75. The van der Waals surface area contributed by atoms with Crippen LogP contribution >= 0.6 is 0 Å². The summed E-state index contributed by atoms with van der Waals surface area (Å²) in [7, 11) is 0. The lowest BCUT2D eigenvalue weighted by molar-refractivity contribution is -0.137. The lowest BCUT2D eigenvalue weighted by atomic mass is 10.1. The van der Waals surface area contributed by atoms with Crippen molar-refractivity contribution in [3.63, 3.8) is 0 Å². The molecule has 0 saturated carbocycles. The first kappa shape index (κ1) is 13.6. The number of alkyl halides is 3. The van der Waals surface area contributed by atoms with Crippen LogP contribution in [0.25, 0.3) is 5.69 Å². The van der Waals surface area contributed by atoms with Crippen LogP contribution in [0.15, 0.2) is 30.6 Å². The highest BCUT2D eigenvalue weighted by Crippen LogP contribution is 2.34. The number of nitrogens with zero attached hydrogens (tertiary/aromatic N) is 2. The van der Waals surface area contributed by atoms with Crippen LogP contribution < -0.4 is 5.73 Å². The van der Waals surface area contributed by atoms with Crippen LogP contribution in [0.2, 0.25) is 0 Å². The predicted molar refractivity (Wildman–Crippen MR) is 66.1 cm³/mol. The molecule has 102 valence electrons. The third kappa shape index (κ3) is 2.78. The molecule has 0 aliphatic rings. The van der Waals surface area contributed by atoms with Gasteiger partial charge in [0.15, 0.2) is 0 Å². The van der Waals surface area contributed by atoms with E-state index in [4.69, 9.17) is 5.73 Å². The van der Waals surface area contributed by atoms with Gasteiger partial charge in [-0.15, -0.1) is 0 Å². The minimum atomic E-state index is -4.41. The molecule has 1 heterocycles. The van der Waals surface area contributed by atoms with Gasteiger partial charge in [0, 0.05) is 12.4 Å². The Hall–Kier alpha value is -1.82. The third-order valence-electron chi connectivity index (χ3n) is 2.88. The number of halogens is 3. The summed E-state index contributed by atoms with van der Waals surface area (Å²) in [6.07, 6.45) is -0.991. The molecule has 0 unspecified atom stereocenters. The Morgan fingerprint density at radius 3 is 2.58 bits per heavy atom. The van der Waals surface area contributed by atoms with Crippen molar-refractivity contribution >= 4 is 0 Å². The monoisotopic (exact) mass is 269 g/mol. The molecule has 0 aliphatic heterocycles. The molecular weight excluding hydrogens is 255 g/mol. The highest BCUT2D eigenvalue weighted by Gasteiger charge is 2.34. The SMILES string of the molecule is Cc1nccn1-c1ccc(CCN)cc1C(F)(F)F. The van der Waals surface area contributed by atoms with Gasteiger partial charge in [-0.05, 0) is 37.6 Å². The highest BCUT2D eigenvalue weighted by molar-refractivity contribution is 5.46. The van der Waals surface area contributed by atoms with E-state index in [1.807, 2.05) is 0 Å². The lowest BCUT2D eigenvalue weighted by Gasteiger charge is -2.16. The number of benzene rings is 1. The van der Waals surface area contributed by atoms with Crippen molar-refractivity contribution in [3.05, 3.63) is 47.5 Å². The molecule has 0 aliphatic carbocycles. The van der Waals surface area contributed by atoms with Gasteiger partial charge in [-0.25, -0.2) is 4.98 Å². The van der Waals surface area contributed by atoms with E-state index in [0.717, 1.165) is 6.07 Å². The van der Waals surface area contributed by atoms with Crippen molar-refractivity contribution in [2.24, 2.45) is 5.73 Å². The van der Waals surface area contributed by atoms with Gasteiger partial charge < -0.3 is 10.3 Å². The van der Waals surface area contributed by atoms with Gasteiger partial charge >= 0.3 is 6.18 Å². The van der Waals surface area contributed by atoms with E-state index in [9.17, 15) is 13.2 Å². The van der Waals surface area contributed by atoms with E-state index < -0.39 is 11.7 Å². The van der Waals surface area contributed by atoms with Gasteiger partial charge in [-0.3, -0.25) is 0 Å². The van der Waals surface area contributed by atoms with Crippen LogP contribution in [0.4, 0.5) is 13.2 Å². The lowest BCUT2D eigenvalue weighted by Crippen LogP contribution is -2.13. The van der Waals surface area contributed by atoms with Crippen molar-refractivity contribution in [1.82, 2.24) is 9.55 Å². The number of hydrogen-bond donors (Lipinski definition) is 1. The van der Waals surface area contributed by atoms with Crippen molar-refractivity contribution < 1.29 is 13.2 Å². The zero-order valence-corrected chi connectivity index (χ0v) is 10.4. The quantitative estimate of drug-likeness (QED) is 0.931. The Morgan fingerprint density at radius 2 is 2.05 bits per heavy atom. The molecule has 0 amide bonds. The van der Waals surface area contributed by atoms with Crippen molar-refractivity contribution in [3.8, 4) is 5.69 Å². The second-order valence-corrected chi connectivity index (χ2v) is 4.23. The molecule has 0 atom stereocenters. The number of aromatic nitrogens is 2. The molecule has 3 nitrogen and oxygen atoms in total. The van der Waals surface area contributed by atoms with E-state index in [0.29, 0.717) is 24.4 Å². The summed E-state index contributed by atoms with van der Waals surface area (Å²) in [5.41, 5.74) is 5.38. The Balaban J connectivity index is 2.58. The molecular formula is C13H14F3N3. The summed E-state index contributed by atoms with van der Waals surface area (Å²) < 4.78 is 40.8. The Bertz CT molecular complexity index is 573. The molecule has 0 bridgehead atoms. The molecule has 2 aromatic rings. The van der Waals surface area contributed by atoms with E-state index in [-0.39, 0.29) is 5.69 Å². The first-order chi connectivity index (χ1) is 8.93. The van der Waals surface area contributed by atoms with Crippen LogP contribution in [0.3, 0.4) is 0 Å². The summed E-state index contributed by atoms with van der Waals surface area (Å²) in [4.78, 5) is 3.95. The van der Waals surface area contributed by atoms with Crippen LogP contribution in [0.5, 0.6) is 0 Å². The van der Waals surface area contributed by atoms with Gasteiger partial charge in [0.2, 0.25) is 0 Å². The van der Waals surface area contributed by atoms with E-state index in [2.05, 4.69) is 4.98 Å². The summed E-state index contributed by atoms with van der Waals surface area (Å²) in [6, 6.07) is 4.28. The summed E-state index contributed by atoms with van der Waals surface area (Å²) >= 11 is 0. The second kappa shape index (κ2) is 5.05. The summed E-state index contributed by atoms with van der Waals surface area (Å²) in [6.45, 7) is 1.98. The largest absolute Gasteiger partial charge is 0.418 e. The van der Waals surface area contributed by atoms with Crippen molar-refractivity contribution in [2.45, 2.75) is 19.5 Å². The Morgan fingerprint density at radius 1 is 1.32 bits per heavy atom.